The van der Waals surface area contributed by atoms with Crippen molar-refractivity contribution in [1.29, 1.82) is 0 Å². The SMILES string of the molecule is COc1ccc2cc(-c3cc(C(=O)OCC(=O)Nc4cccc(C(C)=O)c4)c4ccccc4n3)ccc2c1. The van der Waals surface area contributed by atoms with Crippen molar-refractivity contribution >= 4 is 45.0 Å². The predicted octanol–water partition coefficient (Wildman–Crippen LogP) is 6.06. The van der Waals surface area contributed by atoms with Gasteiger partial charge in [-0.25, -0.2) is 9.78 Å². The average Bonchev–Trinajstić information content (AvgIpc) is 2.94. The molecule has 0 bridgehead atoms. The van der Waals surface area contributed by atoms with E-state index in [9.17, 15) is 14.4 Å². The molecule has 1 amide bonds. The fraction of sp³-hybridized carbons (Fsp3) is 0.0968. The lowest BCUT2D eigenvalue weighted by atomic mass is 10.0. The molecule has 0 fully saturated rings. The number of fused-ring (bicyclic) bond motifs is 2. The van der Waals surface area contributed by atoms with Crippen LogP contribution in [0.5, 0.6) is 5.75 Å². The first-order valence-electron chi connectivity index (χ1n) is 12.0. The smallest absolute Gasteiger partial charge is 0.339 e. The maximum absolute atomic E-state index is 13.1. The number of ether oxygens (including phenoxy) is 2. The second-order valence-corrected chi connectivity index (χ2v) is 8.76. The van der Waals surface area contributed by atoms with Crippen LogP contribution in [0.25, 0.3) is 32.9 Å². The minimum Gasteiger partial charge on any atom is -0.497 e. The zero-order valence-corrected chi connectivity index (χ0v) is 20.9. The monoisotopic (exact) mass is 504 g/mol. The van der Waals surface area contributed by atoms with Crippen LogP contribution in [0.3, 0.4) is 0 Å². The quantitative estimate of drug-likeness (QED) is 0.214. The van der Waals surface area contributed by atoms with E-state index in [4.69, 9.17) is 14.5 Å². The number of nitrogens with one attached hydrogen (secondary N) is 1. The molecule has 0 aliphatic rings. The number of amides is 1. The lowest BCUT2D eigenvalue weighted by Crippen LogP contribution is -2.21. The van der Waals surface area contributed by atoms with Gasteiger partial charge in [-0.05, 0) is 60.2 Å². The van der Waals surface area contributed by atoms with Crippen LogP contribution in [0.1, 0.15) is 27.6 Å². The Balaban J connectivity index is 1.40. The van der Waals surface area contributed by atoms with Crippen LogP contribution in [0.15, 0.2) is 91.0 Å². The number of ketones is 1. The summed E-state index contributed by atoms with van der Waals surface area (Å²) in [6, 6.07) is 27.3. The highest BCUT2D eigenvalue weighted by molar-refractivity contribution is 6.06. The Morgan fingerprint density at radius 1 is 0.842 bits per heavy atom. The van der Waals surface area contributed by atoms with Crippen molar-refractivity contribution in [1.82, 2.24) is 4.98 Å². The van der Waals surface area contributed by atoms with Gasteiger partial charge in [0.2, 0.25) is 0 Å². The van der Waals surface area contributed by atoms with Gasteiger partial charge < -0.3 is 14.8 Å². The third-order valence-electron chi connectivity index (χ3n) is 6.17. The largest absolute Gasteiger partial charge is 0.497 e. The number of aromatic nitrogens is 1. The number of carbonyl (C=O) groups excluding carboxylic acids is 3. The van der Waals surface area contributed by atoms with Gasteiger partial charge in [-0.3, -0.25) is 9.59 Å². The van der Waals surface area contributed by atoms with Crippen molar-refractivity contribution in [2.75, 3.05) is 19.0 Å². The second-order valence-electron chi connectivity index (χ2n) is 8.76. The number of hydrogen-bond acceptors (Lipinski definition) is 6. The summed E-state index contributed by atoms with van der Waals surface area (Å²) >= 11 is 0. The number of nitrogens with zero attached hydrogens (tertiary/aromatic N) is 1. The highest BCUT2D eigenvalue weighted by atomic mass is 16.5. The van der Waals surface area contributed by atoms with E-state index < -0.39 is 18.5 Å². The molecule has 0 atom stereocenters. The van der Waals surface area contributed by atoms with Gasteiger partial charge in [-0.2, -0.15) is 0 Å². The van der Waals surface area contributed by atoms with E-state index in [-0.39, 0.29) is 5.78 Å². The number of rotatable bonds is 7. The van der Waals surface area contributed by atoms with Gasteiger partial charge in [0.05, 0.1) is 23.9 Å². The fourth-order valence-electron chi connectivity index (χ4n) is 4.22. The summed E-state index contributed by atoms with van der Waals surface area (Å²) in [6.45, 7) is 0.970. The molecule has 0 radical (unpaired) electrons. The number of Topliss-reactive ketones (excluding diaryl/α,β-unsaturated/α-hetero) is 1. The number of pyridine rings is 1. The van der Waals surface area contributed by atoms with Crippen molar-refractivity contribution in [2.24, 2.45) is 0 Å². The molecule has 5 aromatic rings. The third-order valence-corrected chi connectivity index (χ3v) is 6.17. The number of benzene rings is 4. The first-order valence-corrected chi connectivity index (χ1v) is 12.0. The number of methoxy groups -OCH3 is 1. The van der Waals surface area contributed by atoms with Gasteiger partial charge in [0, 0.05) is 22.2 Å². The number of carbonyl (C=O) groups is 3. The molecular weight excluding hydrogens is 480 g/mol. The predicted molar refractivity (Wildman–Crippen MR) is 147 cm³/mol. The molecule has 188 valence electrons. The fourth-order valence-corrected chi connectivity index (χ4v) is 4.22. The van der Waals surface area contributed by atoms with Gasteiger partial charge >= 0.3 is 5.97 Å². The Morgan fingerprint density at radius 2 is 1.63 bits per heavy atom. The van der Waals surface area contributed by atoms with Crippen molar-refractivity contribution in [2.45, 2.75) is 6.92 Å². The second kappa shape index (κ2) is 10.5. The standard InChI is InChI=1S/C31H24N2O5/c1-19(34)20-6-5-7-24(15-20)32-30(35)18-38-31(36)27-17-29(33-28-9-4-3-8-26(27)28)23-11-10-22-16-25(37-2)13-12-21(22)14-23/h3-17H,18H2,1-2H3,(H,32,35). The summed E-state index contributed by atoms with van der Waals surface area (Å²) in [5, 5.41) is 5.31. The summed E-state index contributed by atoms with van der Waals surface area (Å²) in [4.78, 5) is 41.9. The zero-order valence-electron chi connectivity index (χ0n) is 20.9. The van der Waals surface area contributed by atoms with Crippen LogP contribution < -0.4 is 10.1 Å². The van der Waals surface area contributed by atoms with Gasteiger partial charge in [-0.1, -0.05) is 48.5 Å². The van der Waals surface area contributed by atoms with Crippen LogP contribution >= 0.6 is 0 Å². The van der Waals surface area contributed by atoms with E-state index in [0.717, 1.165) is 22.1 Å². The first kappa shape index (κ1) is 24.6. The molecule has 7 heteroatoms. The molecule has 0 saturated carbocycles. The maximum Gasteiger partial charge on any atom is 0.339 e. The molecule has 0 unspecified atom stereocenters. The van der Waals surface area contributed by atoms with E-state index in [2.05, 4.69) is 5.32 Å². The molecule has 0 aliphatic heterocycles. The molecule has 7 nitrogen and oxygen atoms in total. The highest BCUT2D eigenvalue weighted by Crippen LogP contribution is 2.29. The molecule has 1 aromatic heterocycles. The van der Waals surface area contributed by atoms with Crippen molar-refractivity contribution < 1.29 is 23.9 Å². The Bertz CT molecular complexity index is 1710. The summed E-state index contributed by atoms with van der Waals surface area (Å²) in [6.07, 6.45) is 0. The topological polar surface area (TPSA) is 94.6 Å². The van der Waals surface area contributed by atoms with Crippen LogP contribution in [0.2, 0.25) is 0 Å². The number of anilines is 1. The highest BCUT2D eigenvalue weighted by Gasteiger charge is 2.17. The summed E-state index contributed by atoms with van der Waals surface area (Å²) in [5.41, 5.74) is 3.32. The van der Waals surface area contributed by atoms with E-state index >= 15 is 0 Å². The van der Waals surface area contributed by atoms with Crippen molar-refractivity contribution in [3.8, 4) is 17.0 Å². The Morgan fingerprint density at radius 3 is 2.45 bits per heavy atom. The van der Waals surface area contributed by atoms with Crippen LogP contribution in [-0.4, -0.2) is 36.4 Å². The maximum atomic E-state index is 13.1. The van der Waals surface area contributed by atoms with Crippen LogP contribution in [-0.2, 0) is 9.53 Å². The van der Waals surface area contributed by atoms with E-state index in [1.54, 1.807) is 43.5 Å². The average molecular weight is 505 g/mol. The minimum absolute atomic E-state index is 0.112. The number of esters is 1. The molecule has 0 saturated heterocycles. The lowest BCUT2D eigenvalue weighted by Gasteiger charge is -2.11. The van der Waals surface area contributed by atoms with E-state index in [1.807, 2.05) is 54.6 Å². The van der Waals surface area contributed by atoms with Crippen LogP contribution in [0, 0.1) is 0 Å². The van der Waals surface area contributed by atoms with Gasteiger partial charge in [0.25, 0.3) is 5.91 Å². The number of para-hydroxylation sites is 1. The summed E-state index contributed by atoms with van der Waals surface area (Å²) in [5.74, 6) is -0.487. The Kier molecular flexibility index (Phi) is 6.82. The molecular formula is C31H24N2O5. The van der Waals surface area contributed by atoms with Gasteiger partial charge in [0.15, 0.2) is 12.4 Å². The molecule has 0 spiro atoms. The van der Waals surface area contributed by atoms with E-state index in [1.165, 1.54) is 6.92 Å². The number of hydrogen-bond donors (Lipinski definition) is 1. The van der Waals surface area contributed by atoms with Gasteiger partial charge in [-0.15, -0.1) is 0 Å². The van der Waals surface area contributed by atoms with Gasteiger partial charge in [0.1, 0.15) is 5.75 Å². The lowest BCUT2D eigenvalue weighted by molar-refractivity contribution is -0.119. The normalized spacial score (nSPS) is 10.8. The third kappa shape index (κ3) is 5.22. The molecule has 38 heavy (non-hydrogen) atoms. The van der Waals surface area contributed by atoms with Crippen molar-refractivity contribution in [3.63, 3.8) is 0 Å². The summed E-state index contributed by atoms with van der Waals surface area (Å²) < 4.78 is 10.7. The zero-order chi connectivity index (χ0) is 26.6. The minimum atomic E-state index is -0.636. The van der Waals surface area contributed by atoms with Crippen molar-refractivity contribution in [3.05, 3.63) is 102 Å². The Hall–Kier alpha value is -5.04. The molecule has 1 N–H and O–H groups in total. The molecule has 5 rings (SSSR count). The molecule has 0 aliphatic carbocycles. The molecule has 4 aromatic carbocycles. The van der Waals surface area contributed by atoms with Crippen LogP contribution in [0.4, 0.5) is 5.69 Å². The Labute approximate surface area is 219 Å². The molecule has 1 heterocycles. The van der Waals surface area contributed by atoms with E-state index in [0.29, 0.717) is 33.4 Å². The first-order chi connectivity index (χ1) is 18.4. The summed E-state index contributed by atoms with van der Waals surface area (Å²) in [7, 11) is 1.63.